The van der Waals surface area contributed by atoms with Gasteiger partial charge >= 0.3 is 12.1 Å². The maximum absolute atomic E-state index is 12.5. The molecule has 0 saturated heterocycles. The van der Waals surface area contributed by atoms with Crippen LogP contribution in [-0.2, 0) is 20.8 Å². The molecule has 0 fully saturated rings. The van der Waals surface area contributed by atoms with Gasteiger partial charge in [0.15, 0.2) is 0 Å². The summed E-state index contributed by atoms with van der Waals surface area (Å²) < 4.78 is 15.8. The summed E-state index contributed by atoms with van der Waals surface area (Å²) in [5, 5.41) is 0. The molecule has 6 heteroatoms. The Labute approximate surface area is 168 Å². The van der Waals surface area contributed by atoms with Gasteiger partial charge in [-0.15, -0.1) is 0 Å². The summed E-state index contributed by atoms with van der Waals surface area (Å²) in [5.41, 5.74) is -0.244. The number of hydrogen-bond acceptors (Lipinski definition) is 5. The van der Waals surface area contributed by atoms with Gasteiger partial charge in [-0.1, -0.05) is 18.1 Å². The Hall–Kier alpha value is -2.68. The minimum atomic E-state index is -0.600. The van der Waals surface area contributed by atoms with Gasteiger partial charge in [-0.05, 0) is 59.2 Å². The number of methoxy groups -OCH3 is 1. The van der Waals surface area contributed by atoms with Crippen molar-refractivity contribution in [1.82, 2.24) is 4.90 Å². The summed E-state index contributed by atoms with van der Waals surface area (Å²) in [5.74, 6) is 5.39. The molecule has 0 aliphatic rings. The number of nitrogens with zero attached hydrogens (tertiary/aromatic N) is 1. The Morgan fingerprint density at radius 3 is 2.04 bits per heavy atom. The first kappa shape index (κ1) is 23.4. The van der Waals surface area contributed by atoms with Crippen molar-refractivity contribution in [2.75, 3.05) is 13.7 Å². The predicted molar refractivity (Wildman–Crippen MR) is 108 cm³/mol. The standard InChI is InChI=1S/C22H31NO5/c1-21(2,3)27-19(24)10-8-9-15-23(20(25)28-22(4,5)6)16-17-11-13-18(26-7)14-12-17/h11-14H,9,15-16H2,1-7H3. The first-order valence-corrected chi connectivity index (χ1v) is 9.22. The topological polar surface area (TPSA) is 65.1 Å². The molecule has 0 heterocycles. The van der Waals surface area contributed by atoms with E-state index in [-0.39, 0.29) is 0 Å². The van der Waals surface area contributed by atoms with Gasteiger partial charge < -0.3 is 19.1 Å². The van der Waals surface area contributed by atoms with E-state index in [2.05, 4.69) is 11.8 Å². The lowest BCUT2D eigenvalue weighted by molar-refractivity contribution is -0.147. The number of hydrogen-bond donors (Lipinski definition) is 0. The summed E-state index contributed by atoms with van der Waals surface area (Å²) >= 11 is 0. The molecule has 6 nitrogen and oxygen atoms in total. The van der Waals surface area contributed by atoms with E-state index < -0.39 is 23.3 Å². The second kappa shape index (κ2) is 10.0. The number of carbonyl (C=O) groups is 2. The highest BCUT2D eigenvalue weighted by atomic mass is 16.6. The van der Waals surface area contributed by atoms with Gasteiger partial charge in [-0.25, -0.2) is 9.59 Å². The van der Waals surface area contributed by atoms with E-state index in [1.54, 1.807) is 32.8 Å². The van der Waals surface area contributed by atoms with Crippen molar-refractivity contribution in [3.63, 3.8) is 0 Å². The zero-order valence-electron chi connectivity index (χ0n) is 17.9. The molecule has 0 saturated carbocycles. The molecular weight excluding hydrogens is 358 g/mol. The van der Waals surface area contributed by atoms with E-state index in [1.807, 2.05) is 45.0 Å². The van der Waals surface area contributed by atoms with Crippen LogP contribution in [0.2, 0.25) is 0 Å². The fourth-order valence-corrected chi connectivity index (χ4v) is 2.14. The maximum Gasteiger partial charge on any atom is 0.410 e. The van der Waals surface area contributed by atoms with Crippen LogP contribution in [0.4, 0.5) is 4.79 Å². The summed E-state index contributed by atoms with van der Waals surface area (Å²) in [6, 6.07) is 7.46. The quantitative estimate of drug-likeness (QED) is 0.430. The number of rotatable bonds is 5. The van der Waals surface area contributed by atoms with Crippen LogP contribution in [0.15, 0.2) is 24.3 Å². The normalized spacial score (nSPS) is 11.1. The molecule has 0 unspecified atom stereocenters. The summed E-state index contributed by atoms with van der Waals surface area (Å²) in [7, 11) is 1.60. The molecule has 1 aromatic rings. The zero-order valence-corrected chi connectivity index (χ0v) is 17.9. The summed E-state index contributed by atoms with van der Waals surface area (Å²) in [4.78, 5) is 25.8. The molecule has 0 aromatic heterocycles. The van der Waals surface area contributed by atoms with Gasteiger partial charge in [0, 0.05) is 25.4 Å². The number of amides is 1. The fourth-order valence-electron chi connectivity index (χ4n) is 2.14. The second-order valence-electron chi connectivity index (χ2n) is 8.30. The molecule has 28 heavy (non-hydrogen) atoms. The van der Waals surface area contributed by atoms with Crippen LogP contribution in [-0.4, -0.2) is 41.8 Å². The third-order valence-electron chi connectivity index (χ3n) is 3.28. The smallest absolute Gasteiger partial charge is 0.410 e. The Morgan fingerprint density at radius 1 is 0.964 bits per heavy atom. The molecule has 0 aliphatic carbocycles. The van der Waals surface area contributed by atoms with Crippen LogP contribution in [0.5, 0.6) is 5.75 Å². The van der Waals surface area contributed by atoms with Crippen molar-refractivity contribution in [2.24, 2.45) is 0 Å². The van der Waals surface area contributed by atoms with Crippen LogP contribution >= 0.6 is 0 Å². The van der Waals surface area contributed by atoms with Crippen LogP contribution in [0.3, 0.4) is 0 Å². The van der Waals surface area contributed by atoms with E-state index in [0.717, 1.165) is 11.3 Å². The van der Waals surface area contributed by atoms with E-state index in [0.29, 0.717) is 19.5 Å². The zero-order chi connectivity index (χ0) is 21.4. The minimum Gasteiger partial charge on any atom is -0.497 e. The number of carbonyl (C=O) groups excluding carboxylic acids is 2. The van der Waals surface area contributed by atoms with E-state index >= 15 is 0 Å². The Kier molecular flexibility index (Phi) is 8.36. The van der Waals surface area contributed by atoms with Gasteiger partial charge in [-0.3, -0.25) is 0 Å². The molecule has 0 N–H and O–H groups in total. The second-order valence-corrected chi connectivity index (χ2v) is 8.30. The first-order valence-electron chi connectivity index (χ1n) is 9.22. The molecule has 154 valence electrons. The summed E-state index contributed by atoms with van der Waals surface area (Å²) in [6.45, 7) is 11.5. The molecule has 1 amide bonds. The molecule has 0 bridgehead atoms. The molecule has 1 rings (SSSR count). The third-order valence-corrected chi connectivity index (χ3v) is 3.28. The van der Waals surface area contributed by atoms with Crippen molar-refractivity contribution in [1.29, 1.82) is 0 Å². The highest BCUT2D eigenvalue weighted by molar-refractivity contribution is 5.88. The highest BCUT2D eigenvalue weighted by Crippen LogP contribution is 2.16. The van der Waals surface area contributed by atoms with Gasteiger partial charge in [0.05, 0.1) is 7.11 Å². The molecule has 1 aromatic carbocycles. The molecular formula is C22H31NO5. The molecule has 0 spiro atoms. The van der Waals surface area contributed by atoms with E-state index in [4.69, 9.17) is 14.2 Å². The van der Waals surface area contributed by atoms with Crippen LogP contribution in [0.25, 0.3) is 0 Å². The highest BCUT2D eigenvalue weighted by Gasteiger charge is 2.22. The molecule has 0 radical (unpaired) electrons. The van der Waals surface area contributed by atoms with Crippen molar-refractivity contribution >= 4 is 12.1 Å². The lowest BCUT2D eigenvalue weighted by atomic mass is 10.2. The van der Waals surface area contributed by atoms with Gasteiger partial charge in [0.2, 0.25) is 0 Å². The largest absolute Gasteiger partial charge is 0.497 e. The number of benzene rings is 1. The number of esters is 1. The van der Waals surface area contributed by atoms with Crippen LogP contribution < -0.4 is 4.74 Å². The first-order chi connectivity index (χ1) is 12.9. The molecule has 0 aliphatic heterocycles. The molecule has 0 atom stereocenters. The van der Waals surface area contributed by atoms with E-state index in [9.17, 15) is 9.59 Å². The minimum absolute atomic E-state index is 0.328. The Morgan fingerprint density at radius 2 is 1.54 bits per heavy atom. The third kappa shape index (κ3) is 9.86. The van der Waals surface area contributed by atoms with Gasteiger partial charge in [-0.2, -0.15) is 0 Å². The average Bonchev–Trinajstić information content (AvgIpc) is 2.55. The Bertz CT molecular complexity index is 715. The number of ether oxygens (including phenoxy) is 3. The summed E-state index contributed by atoms with van der Waals surface area (Å²) in [6.07, 6.45) is -0.100. The lowest BCUT2D eigenvalue weighted by Gasteiger charge is -2.27. The monoisotopic (exact) mass is 389 g/mol. The Balaban J connectivity index is 2.78. The van der Waals surface area contributed by atoms with Gasteiger partial charge in [0.25, 0.3) is 0 Å². The fraction of sp³-hybridized carbons (Fsp3) is 0.545. The van der Waals surface area contributed by atoms with E-state index in [1.165, 1.54) is 0 Å². The maximum atomic E-state index is 12.5. The van der Waals surface area contributed by atoms with Crippen molar-refractivity contribution in [2.45, 2.75) is 65.7 Å². The van der Waals surface area contributed by atoms with Crippen molar-refractivity contribution < 1.29 is 23.8 Å². The van der Waals surface area contributed by atoms with Crippen molar-refractivity contribution in [3.05, 3.63) is 29.8 Å². The van der Waals surface area contributed by atoms with Crippen LogP contribution in [0, 0.1) is 11.8 Å². The lowest BCUT2D eigenvalue weighted by Crippen LogP contribution is -2.37. The van der Waals surface area contributed by atoms with Gasteiger partial charge in [0.1, 0.15) is 17.0 Å². The van der Waals surface area contributed by atoms with Crippen LogP contribution in [0.1, 0.15) is 53.5 Å². The van der Waals surface area contributed by atoms with Crippen molar-refractivity contribution in [3.8, 4) is 17.6 Å². The average molecular weight is 389 g/mol. The SMILES string of the molecule is COc1ccc(CN(CCC#CC(=O)OC(C)(C)C)C(=O)OC(C)(C)C)cc1. The predicted octanol–water partition coefficient (Wildman–Crippen LogP) is 4.17.